The van der Waals surface area contributed by atoms with Gasteiger partial charge in [-0.3, -0.25) is 13.9 Å². The molecular weight excluding hydrogens is 486 g/mol. The molecule has 0 fully saturated rings. The van der Waals surface area contributed by atoms with Crippen LogP contribution in [0.25, 0.3) is 0 Å². The number of sulfonamides is 1. The smallest absolute Gasteiger partial charge is 0.264 e. The van der Waals surface area contributed by atoms with Gasteiger partial charge in [-0.05, 0) is 56.5 Å². The van der Waals surface area contributed by atoms with E-state index in [0.717, 1.165) is 21.0 Å². The van der Waals surface area contributed by atoms with Crippen LogP contribution in [-0.2, 0) is 26.0 Å². The number of nitrogens with zero attached hydrogens (tertiary/aromatic N) is 2. The summed E-state index contributed by atoms with van der Waals surface area (Å²) in [6.45, 7) is 5.48. The van der Waals surface area contributed by atoms with Gasteiger partial charge < -0.3 is 10.2 Å². The molecule has 7 nitrogen and oxygen atoms in total. The van der Waals surface area contributed by atoms with E-state index in [2.05, 4.69) is 5.32 Å². The molecule has 1 N–H and O–H groups in total. The van der Waals surface area contributed by atoms with Gasteiger partial charge in [0.2, 0.25) is 11.8 Å². The standard InChI is InChI=1S/C29H35N3O4S/c1-5-27(29(34)30-4)31(20-19-24-9-7-6-8-10-24)28(33)21-32(25-15-11-22(2)12-16-25)37(35,36)26-17-13-23(3)14-18-26/h6-18,27H,5,19-21H2,1-4H3,(H,30,34)/t27-/m1/s1. The first-order valence-electron chi connectivity index (χ1n) is 12.4. The Kier molecular flexibility index (Phi) is 9.47. The van der Waals surface area contributed by atoms with Crippen molar-refractivity contribution in [2.24, 2.45) is 0 Å². The minimum Gasteiger partial charge on any atom is -0.357 e. The molecule has 3 aromatic rings. The van der Waals surface area contributed by atoms with Gasteiger partial charge in [-0.15, -0.1) is 0 Å². The van der Waals surface area contributed by atoms with Crippen LogP contribution >= 0.6 is 0 Å². The molecule has 0 aliphatic rings. The molecule has 3 aromatic carbocycles. The lowest BCUT2D eigenvalue weighted by atomic mass is 10.1. The van der Waals surface area contributed by atoms with Crippen LogP contribution < -0.4 is 9.62 Å². The highest BCUT2D eigenvalue weighted by atomic mass is 32.2. The Morgan fingerprint density at radius 2 is 1.43 bits per heavy atom. The first-order chi connectivity index (χ1) is 17.7. The minimum atomic E-state index is -4.05. The molecule has 0 spiro atoms. The van der Waals surface area contributed by atoms with Gasteiger partial charge in [0.05, 0.1) is 10.6 Å². The highest BCUT2D eigenvalue weighted by molar-refractivity contribution is 7.92. The van der Waals surface area contributed by atoms with Crippen molar-refractivity contribution >= 4 is 27.5 Å². The molecule has 0 unspecified atom stereocenters. The second kappa shape index (κ2) is 12.5. The van der Waals surface area contributed by atoms with E-state index in [0.29, 0.717) is 18.5 Å². The minimum absolute atomic E-state index is 0.0978. The van der Waals surface area contributed by atoms with Crippen molar-refractivity contribution in [2.45, 2.75) is 44.6 Å². The number of rotatable bonds is 11. The number of carbonyl (C=O) groups is 2. The van der Waals surface area contributed by atoms with Crippen LogP contribution in [0.15, 0.2) is 83.8 Å². The van der Waals surface area contributed by atoms with Crippen molar-refractivity contribution in [3.05, 3.63) is 95.6 Å². The van der Waals surface area contributed by atoms with Gasteiger partial charge in [-0.25, -0.2) is 8.42 Å². The predicted molar refractivity (Wildman–Crippen MR) is 147 cm³/mol. The number of likely N-dealkylation sites (N-methyl/N-ethyl adjacent to an activating group) is 1. The summed E-state index contributed by atoms with van der Waals surface area (Å²) in [6.07, 6.45) is 0.935. The Bertz CT molecular complexity index is 1290. The Hall–Kier alpha value is -3.65. The summed E-state index contributed by atoms with van der Waals surface area (Å²) >= 11 is 0. The number of amides is 2. The van der Waals surface area contributed by atoms with Crippen LogP contribution in [-0.4, -0.2) is 51.3 Å². The molecule has 196 valence electrons. The first kappa shape index (κ1) is 27.9. The average Bonchev–Trinajstić information content (AvgIpc) is 2.90. The van der Waals surface area contributed by atoms with Gasteiger partial charge in [0.1, 0.15) is 12.6 Å². The molecule has 37 heavy (non-hydrogen) atoms. The van der Waals surface area contributed by atoms with Crippen molar-refractivity contribution in [1.82, 2.24) is 10.2 Å². The maximum absolute atomic E-state index is 13.8. The summed E-state index contributed by atoms with van der Waals surface area (Å²) in [7, 11) is -2.52. The maximum atomic E-state index is 13.8. The number of hydrogen-bond donors (Lipinski definition) is 1. The molecule has 0 aliphatic carbocycles. The lowest BCUT2D eigenvalue weighted by Crippen LogP contribution is -2.52. The number of benzene rings is 3. The molecule has 2 amide bonds. The molecule has 8 heteroatoms. The van der Waals surface area contributed by atoms with Crippen LogP contribution in [0.5, 0.6) is 0 Å². The fourth-order valence-corrected chi connectivity index (χ4v) is 5.55. The Morgan fingerprint density at radius 3 is 1.97 bits per heavy atom. The SMILES string of the molecule is CC[C@H](C(=O)NC)N(CCc1ccccc1)C(=O)CN(c1ccc(C)cc1)S(=O)(=O)c1ccc(C)cc1. The molecule has 0 saturated carbocycles. The third-order valence-corrected chi connectivity index (χ3v) is 8.11. The van der Waals surface area contributed by atoms with Gasteiger partial charge in [-0.2, -0.15) is 0 Å². The normalized spacial score (nSPS) is 12.0. The predicted octanol–water partition coefficient (Wildman–Crippen LogP) is 4.09. The van der Waals surface area contributed by atoms with E-state index in [9.17, 15) is 18.0 Å². The summed E-state index contributed by atoms with van der Waals surface area (Å²) in [5.41, 5.74) is 3.31. The largest absolute Gasteiger partial charge is 0.357 e. The number of nitrogens with one attached hydrogen (secondary N) is 1. The number of anilines is 1. The van der Waals surface area contributed by atoms with E-state index in [4.69, 9.17) is 0 Å². The van der Waals surface area contributed by atoms with Crippen molar-refractivity contribution in [2.75, 3.05) is 24.4 Å². The van der Waals surface area contributed by atoms with Crippen LogP contribution in [0.4, 0.5) is 5.69 Å². The van der Waals surface area contributed by atoms with E-state index in [1.165, 1.54) is 11.9 Å². The topological polar surface area (TPSA) is 86.8 Å². The van der Waals surface area contributed by atoms with E-state index >= 15 is 0 Å². The van der Waals surface area contributed by atoms with E-state index in [-0.39, 0.29) is 17.3 Å². The number of aryl methyl sites for hydroxylation is 2. The summed E-state index contributed by atoms with van der Waals surface area (Å²) in [4.78, 5) is 28.1. The second-order valence-corrected chi connectivity index (χ2v) is 10.9. The van der Waals surface area contributed by atoms with Crippen LogP contribution in [0.3, 0.4) is 0 Å². The molecule has 0 radical (unpaired) electrons. The van der Waals surface area contributed by atoms with Gasteiger partial charge in [-0.1, -0.05) is 72.6 Å². The summed E-state index contributed by atoms with van der Waals surface area (Å²) < 4.78 is 28.7. The van der Waals surface area contributed by atoms with E-state index in [1.54, 1.807) is 36.4 Å². The van der Waals surface area contributed by atoms with Crippen molar-refractivity contribution < 1.29 is 18.0 Å². The zero-order valence-corrected chi connectivity index (χ0v) is 22.7. The Labute approximate surface area is 220 Å². The second-order valence-electron chi connectivity index (χ2n) is 9.02. The van der Waals surface area contributed by atoms with Crippen LogP contribution in [0, 0.1) is 13.8 Å². The van der Waals surface area contributed by atoms with Crippen LogP contribution in [0.2, 0.25) is 0 Å². The zero-order valence-electron chi connectivity index (χ0n) is 21.8. The molecule has 0 saturated heterocycles. The van der Waals surface area contributed by atoms with E-state index in [1.807, 2.05) is 63.2 Å². The van der Waals surface area contributed by atoms with Crippen LogP contribution in [0.1, 0.15) is 30.0 Å². The van der Waals surface area contributed by atoms with Crippen molar-refractivity contribution in [3.8, 4) is 0 Å². The summed E-state index contributed by atoms with van der Waals surface area (Å²) in [5, 5.41) is 2.64. The lowest BCUT2D eigenvalue weighted by molar-refractivity contribution is -0.139. The quantitative estimate of drug-likeness (QED) is 0.412. The van der Waals surface area contributed by atoms with Crippen molar-refractivity contribution in [1.29, 1.82) is 0 Å². The zero-order chi connectivity index (χ0) is 27.0. The molecule has 0 heterocycles. The third-order valence-electron chi connectivity index (χ3n) is 6.33. The summed E-state index contributed by atoms with van der Waals surface area (Å²) in [5.74, 6) is -0.727. The van der Waals surface area contributed by atoms with Gasteiger partial charge >= 0.3 is 0 Å². The molecule has 0 aliphatic heterocycles. The molecular formula is C29H35N3O4S. The van der Waals surface area contributed by atoms with Gasteiger partial charge in [0, 0.05) is 13.6 Å². The fourth-order valence-electron chi connectivity index (χ4n) is 4.14. The highest BCUT2D eigenvalue weighted by Gasteiger charge is 2.33. The highest BCUT2D eigenvalue weighted by Crippen LogP contribution is 2.25. The third kappa shape index (κ3) is 6.98. The summed E-state index contributed by atoms with van der Waals surface area (Å²) in [6, 6.07) is 22.5. The molecule has 0 bridgehead atoms. The lowest BCUT2D eigenvalue weighted by Gasteiger charge is -2.33. The molecule has 1 atom stereocenters. The molecule has 3 rings (SSSR count). The number of carbonyl (C=O) groups excluding carboxylic acids is 2. The maximum Gasteiger partial charge on any atom is 0.264 e. The average molecular weight is 522 g/mol. The van der Waals surface area contributed by atoms with Gasteiger partial charge in [0.25, 0.3) is 10.0 Å². The van der Waals surface area contributed by atoms with Crippen molar-refractivity contribution in [3.63, 3.8) is 0 Å². The first-order valence-corrected chi connectivity index (χ1v) is 13.8. The Morgan fingerprint density at radius 1 is 0.865 bits per heavy atom. The number of hydrogen-bond acceptors (Lipinski definition) is 4. The van der Waals surface area contributed by atoms with E-state index < -0.39 is 28.5 Å². The monoisotopic (exact) mass is 521 g/mol. The molecule has 0 aromatic heterocycles. The van der Waals surface area contributed by atoms with Gasteiger partial charge in [0.15, 0.2) is 0 Å². The fraction of sp³-hybridized carbons (Fsp3) is 0.310. The Balaban J connectivity index is 1.99.